The summed E-state index contributed by atoms with van der Waals surface area (Å²) in [6.07, 6.45) is 5.06. The number of alkyl halides is 2. The lowest BCUT2D eigenvalue weighted by Crippen LogP contribution is -2.61. The topological polar surface area (TPSA) is 39.5 Å². The average Bonchev–Trinajstić information content (AvgIpc) is 3.37. The van der Waals surface area contributed by atoms with Crippen LogP contribution in [-0.2, 0) is 22.6 Å². The molecule has 3 aliphatic heterocycles. The molecule has 2 fully saturated rings. The van der Waals surface area contributed by atoms with Gasteiger partial charge in [0.15, 0.2) is 0 Å². The maximum absolute atomic E-state index is 14.4. The summed E-state index contributed by atoms with van der Waals surface area (Å²) >= 11 is 7.51. The molecule has 2 atom stereocenters. The van der Waals surface area contributed by atoms with Crippen LogP contribution >= 0.6 is 23.4 Å². The first-order valence-electron chi connectivity index (χ1n) is 11.2. The van der Waals surface area contributed by atoms with Crippen molar-refractivity contribution in [3.05, 3.63) is 57.7 Å². The smallest absolute Gasteiger partial charge is 0.278 e. The summed E-state index contributed by atoms with van der Waals surface area (Å²) in [6, 6.07) is 8.08. The molecule has 2 unspecified atom stereocenters. The molecule has 5 rings (SSSR count). The number of thioether (sulfide) groups is 1. The maximum Gasteiger partial charge on any atom is 0.278 e. The van der Waals surface area contributed by atoms with Gasteiger partial charge < -0.3 is 9.47 Å². The molecular weight excluding hydrogens is 468 g/mol. The van der Waals surface area contributed by atoms with E-state index in [1.165, 1.54) is 17.8 Å². The van der Waals surface area contributed by atoms with Crippen molar-refractivity contribution in [2.75, 3.05) is 26.8 Å². The monoisotopic (exact) mass is 495 g/mol. The highest BCUT2D eigenvalue weighted by Gasteiger charge is 2.60. The minimum Gasteiger partial charge on any atom is -0.380 e. The lowest BCUT2D eigenvalue weighted by Gasteiger charge is -2.51. The van der Waals surface area contributed by atoms with Crippen LogP contribution in [0.2, 0.25) is 0 Å². The minimum absolute atomic E-state index is 0.322. The van der Waals surface area contributed by atoms with E-state index in [1.807, 2.05) is 35.9 Å². The van der Waals surface area contributed by atoms with Gasteiger partial charge in [-0.25, -0.2) is 13.5 Å². The first kappa shape index (κ1) is 23.3. The number of halogens is 3. The van der Waals surface area contributed by atoms with E-state index in [1.54, 1.807) is 7.11 Å². The van der Waals surface area contributed by atoms with Crippen molar-refractivity contribution in [3.63, 3.8) is 0 Å². The van der Waals surface area contributed by atoms with Crippen molar-refractivity contribution in [1.29, 1.82) is 0 Å². The summed E-state index contributed by atoms with van der Waals surface area (Å²) in [7, 11) is 1.69. The quantitative estimate of drug-likeness (QED) is 0.574. The van der Waals surface area contributed by atoms with E-state index in [4.69, 9.17) is 26.2 Å². The molecule has 0 bridgehead atoms. The number of aromatic nitrogens is 2. The van der Waals surface area contributed by atoms with Gasteiger partial charge in [0.05, 0.1) is 39.1 Å². The highest BCUT2D eigenvalue weighted by molar-refractivity contribution is 8.05. The number of para-hydroxylation sites is 1. The van der Waals surface area contributed by atoms with E-state index >= 15 is 0 Å². The Labute approximate surface area is 202 Å². The van der Waals surface area contributed by atoms with Crippen LogP contribution in [0, 0.1) is 12.8 Å². The van der Waals surface area contributed by atoms with Crippen molar-refractivity contribution < 1.29 is 18.3 Å². The van der Waals surface area contributed by atoms with Crippen LogP contribution in [0.25, 0.3) is 5.69 Å². The van der Waals surface area contributed by atoms with Gasteiger partial charge in [0.2, 0.25) is 0 Å². The largest absolute Gasteiger partial charge is 0.380 e. The molecule has 9 heteroatoms. The third-order valence-electron chi connectivity index (χ3n) is 7.07. The molecule has 0 amide bonds. The molecule has 2 saturated heterocycles. The minimum atomic E-state index is -2.86. The summed E-state index contributed by atoms with van der Waals surface area (Å²) in [5.74, 6) is -3.70. The normalized spacial score (nSPS) is 26.4. The van der Waals surface area contributed by atoms with Gasteiger partial charge in [-0.2, -0.15) is 5.10 Å². The van der Waals surface area contributed by atoms with Crippen LogP contribution in [0.1, 0.15) is 29.7 Å². The van der Waals surface area contributed by atoms with E-state index in [0.29, 0.717) is 11.0 Å². The highest BCUT2D eigenvalue weighted by atomic mass is 35.5. The second kappa shape index (κ2) is 8.96. The molecule has 33 heavy (non-hydrogen) atoms. The molecule has 5 nitrogen and oxygen atoms in total. The molecule has 0 saturated carbocycles. The fourth-order valence-corrected chi connectivity index (χ4v) is 7.04. The average molecular weight is 496 g/mol. The summed E-state index contributed by atoms with van der Waals surface area (Å²) in [6.45, 7) is 4.37. The number of benzene rings is 1. The van der Waals surface area contributed by atoms with E-state index in [9.17, 15) is 8.78 Å². The number of allylic oxidation sites excluding steroid dienone is 1. The highest BCUT2D eigenvalue weighted by Crippen LogP contribution is 2.56. The van der Waals surface area contributed by atoms with Crippen molar-refractivity contribution in [3.8, 4) is 5.69 Å². The number of piperidine rings is 1. The van der Waals surface area contributed by atoms with Crippen molar-refractivity contribution in [1.82, 2.24) is 14.7 Å². The molecule has 1 aromatic carbocycles. The van der Waals surface area contributed by atoms with E-state index in [2.05, 4.69) is 11.1 Å². The predicted molar refractivity (Wildman–Crippen MR) is 126 cm³/mol. The summed E-state index contributed by atoms with van der Waals surface area (Å²) in [5, 5.41) is 4.42. The summed E-state index contributed by atoms with van der Waals surface area (Å²) in [5.41, 5.74) is 3.69. The Morgan fingerprint density at radius 3 is 2.76 bits per heavy atom. The number of nitrogens with zero attached hydrogens (tertiary/aromatic N) is 3. The van der Waals surface area contributed by atoms with Crippen molar-refractivity contribution in [2.24, 2.45) is 5.92 Å². The standard InChI is InChI=1S/C24H28ClF2N3O2S/c1-16-18(13-30(28-16)20-6-4-3-5-17(20)14-31-2)12-29-9-7-23(8-10-29)22-19(11-21(25)33-22)24(26,27)15-32-23/h3-6,11,13,19,22H,7-10,12,14-15H2,1-2H3. The molecule has 0 aliphatic carbocycles. The molecule has 1 aromatic heterocycles. The number of aryl methyl sites for hydroxylation is 1. The van der Waals surface area contributed by atoms with Crippen LogP contribution in [0.3, 0.4) is 0 Å². The Hall–Kier alpha value is -1.45. The molecule has 0 radical (unpaired) electrons. The number of hydrogen-bond acceptors (Lipinski definition) is 5. The molecule has 2 aromatic rings. The molecule has 1 spiro atoms. The van der Waals surface area contributed by atoms with Crippen LogP contribution in [-0.4, -0.2) is 58.3 Å². The Bertz CT molecular complexity index is 1050. The van der Waals surface area contributed by atoms with Gasteiger partial charge in [0, 0.05) is 44.1 Å². The van der Waals surface area contributed by atoms with Crippen molar-refractivity contribution in [2.45, 2.75) is 49.7 Å². The number of ether oxygens (including phenoxy) is 2. The number of likely N-dealkylation sites (tertiary alicyclic amines) is 1. The zero-order valence-electron chi connectivity index (χ0n) is 18.8. The number of fused-ring (bicyclic) bond motifs is 2. The van der Waals surface area contributed by atoms with Gasteiger partial charge >= 0.3 is 0 Å². The zero-order valence-corrected chi connectivity index (χ0v) is 20.3. The second-order valence-corrected chi connectivity index (χ2v) is 11.0. The van der Waals surface area contributed by atoms with Gasteiger partial charge in [0.25, 0.3) is 5.92 Å². The Balaban J connectivity index is 1.27. The lowest BCUT2D eigenvalue weighted by molar-refractivity contribution is -0.215. The SMILES string of the molecule is COCc1ccccc1-n1cc(CN2CCC3(CC2)OCC(F)(F)C2C=C(Cl)SC23)c(C)n1. The zero-order chi connectivity index (χ0) is 23.2. The van der Waals surface area contributed by atoms with Crippen LogP contribution < -0.4 is 0 Å². The Kier molecular flexibility index (Phi) is 6.33. The van der Waals surface area contributed by atoms with Crippen LogP contribution in [0.5, 0.6) is 0 Å². The van der Waals surface area contributed by atoms with E-state index < -0.39 is 24.0 Å². The van der Waals surface area contributed by atoms with Gasteiger partial charge in [0.1, 0.15) is 6.61 Å². The number of rotatable bonds is 5. The van der Waals surface area contributed by atoms with E-state index in [-0.39, 0.29) is 5.25 Å². The van der Waals surface area contributed by atoms with Crippen LogP contribution in [0.4, 0.5) is 8.78 Å². The molecule has 4 heterocycles. The molecule has 178 valence electrons. The molecule has 3 aliphatic rings. The van der Waals surface area contributed by atoms with E-state index in [0.717, 1.165) is 55.0 Å². The Morgan fingerprint density at radius 2 is 2.00 bits per heavy atom. The fraction of sp³-hybridized carbons (Fsp3) is 0.542. The predicted octanol–water partition coefficient (Wildman–Crippen LogP) is 5.14. The van der Waals surface area contributed by atoms with Gasteiger partial charge in [-0.15, -0.1) is 11.8 Å². The maximum atomic E-state index is 14.4. The summed E-state index contributed by atoms with van der Waals surface area (Å²) < 4.78 is 42.5. The summed E-state index contributed by atoms with van der Waals surface area (Å²) in [4.78, 5) is 2.36. The van der Waals surface area contributed by atoms with Crippen LogP contribution in [0.15, 0.2) is 40.9 Å². The number of methoxy groups -OCH3 is 1. The molecule has 0 N–H and O–H groups in total. The third-order valence-corrected chi connectivity index (χ3v) is 8.80. The third kappa shape index (κ3) is 4.36. The van der Waals surface area contributed by atoms with Gasteiger partial charge in [-0.3, -0.25) is 4.90 Å². The van der Waals surface area contributed by atoms with Crippen molar-refractivity contribution >= 4 is 23.4 Å². The first-order valence-corrected chi connectivity index (χ1v) is 12.5. The molecular formula is C24H28ClF2N3O2S. The fourth-order valence-electron chi connectivity index (χ4n) is 5.20. The van der Waals surface area contributed by atoms with Gasteiger partial charge in [-0.05, 0) is 31.9 Å². The Morgan fingerprint density at radius 1 is 1.24 bits per heavy atom. The second-order valence-electron chi connectivity index (χ2n) is 9.17. The lowest BCUT2D eigenvalue weighted by atomic mass is 9.77. The number of hydrogen-bond donors (Lipinski definition) is 0. The first-order chi connectivity index (χ1) is 15.8. The van der Waals surface area contributed by atoms with Gasteiger partial charge in [-0.1, -0.05) is 29.8 Å².